The molecule has 0 bridgehead atoms. The minimum Gasteiger partial charge on any atom is -0.480 e. The Morgan fingerprint density at radius 1 is 1.00 bits per heavy atom. The van der Waals surface area contributed by atoms with Gasteiger partial charge in [-0.2, -0.15) is 0 Å². The Morgan fingerprint density at radius 2 is 1.72 bits per heavy atom. The Kier molecular flexibility index (Phi) is 5.88. The van der Waals surface area contributed by atoms with E-state index in [2.05, 4.69) is 0 Å². The van der Waals surface area contributed by atoms with Crippen molar-refractivity contribution < 1.29 is 19.5 Å². The van der Waals surface area contributed by atoms with Crippen LogP contribution in [-0.2, 0) is 20.8 Å². The normalized spacial score (nSPS) is 27.1. The van der Waals surface area contributed by atoms with Crippen LogP contribution in [0.5, 0.6) is 0 Å². The molecule has 6 nitrogen and oxygen atoms in total. The number of amides is 2. The molecule has 4 rings (SSSR count). The predicted octanol–water partition coefficient (Wildman–Crippen LogP) is 2.57. The minimum absolute atomic E-state index is 0.0109. The van der Waals surface area contributed by atoms with Crippen molar-refractivity contribution in [3.05, 3.63) is 35.9 Å². The molecule has 3 atom stereocenters. The van der Waals surface area contributed by atoms with Crippen LogP contribution in [0.15, 0.2) is 30.3 Å². The number of nitrogens with zero attached hydrogens (tertiary/aromatic N) is 2. The fraction of sp³-hybridized carbons (Fsp3) is 0.609. The van der Waals surface area contributed by atoms with Gasteiger partial charge in [0, 0.05) is 32.0 Å². The van der Waals surface area contributed by atoms with E-state index in [0.29, 0.717) is 44.8 Å². The average Bonchev–Trinajstić information content (AvgIpc) is 3.33. The number of carbonyl (C=O) groups is 3. The third-order valence-corrected chi connectivity index (χ3v) is 7.09. The number of carboxylic acids is 1. The molecule has 2 heterocycles. The molecule has 156 valence electrons. The highest BCUT2D eigenvalue weighted by molar-refractivity contribution is 5.86. The summed E-state index contributed by atoms with van der Waals surface area (Å²) in [6, 6.07) is 9.34. The smallest absolute Gasteiger partial charge is 0.326 e. The Bertz CT molecular complexity index is 757. The van der Waals surface area contributed by atoms with E-state index < -0.39 is 12.0 Å². The van der Waals surface area contributed by atoms with Gasteiger partial charge in [0.2, 0.25) is 11.8 Å². The SMILES string of the molecule is O=C(O)C1C2CCCC2CN1C(=O)C1CCN(C(=O)CCc2ccccc2)CC1. The van der Waals surface area contributed by atoms with Crippen molar-refractivity contribution in [1.29, 1.82) is 0 Å². The molecule has 0 spiro atoms. The molecule has 3 unspecified atom stereocenters. The molecule has 1 aliphatic carbocycles. The number of piperidine rings is 1. The quantitative estimate of drug-likeness (QED) is 0.827. The van der Waals surface area contributed by atoms with Crippen LogP contribution in [0.3, 0.4) is 0 Å². The Labute approximate surface area is 171 Å². The van der Waals surface area contributed by atoms with Gasteiger partial charge in [-0.1, -0.05) is 36.8 Å². The lowest BCUT2D eigenvalue weighted by molar-refractivity contribution is -0.152. The zero-order valence-corrected chi connectivity index (χ0v) is 16.8. The summed E-state index contributed by atoms with van der Waals surface area (Å²) in [4.78, 5) is 41.0. The molecule has 1 saturated carbocycles. The van der Waals surface area contributed by atoms with E-state index in [1.54, 1.807) is 4.90 Å². The van der Waals surface area contributed by atoms with Gasteiger partial charge in [-0.3, -0.25) is 9.59 Å². The van der Waals surface area contributed by atoms with Gasteiger partial charge in [-0.25, -0.2) is 4.79 Å². The third-order valence-electron chi connectivity index (χ3n) is 7.09. The molecule has 1 aromatic carbocycles. The molecule has 2 amide bonds. The summed E-state index contributed by atoms with van der Waals surface area (Å²) in [6.07, 6.45) is 5.51. The molecule has 2 aliphatic heterocycles. The summed E-state index contributed by atoms with van der Waals surface area (Å²) in [7, 11) is 0. The molecule has 1 N–H and O–H groups in total. The summed E-state index contributed by atoms with van der Waals surface area (Å²) in [5, 5.41) is 9.70. The van der Waals surface area contributed by atoms with Crippen molar-refractivity contribution >= 4 is 17.8 Å². The highest BCUT2D eigenvalue weighted by Gasteiger charge is 2.50. The second-order valence-corrected chi connectivity index (χ2v) is 8.77. The van der Waals surface area contributed by atoms with Crippen molar-refractivity contribution in [2.75, 3.05) is 19.6 Å². The highest BCUT2D eigenvalue weighted by Crippen LogP contribution is 2.43. The Morgan fingerprint density at radius 3 is 2.41 bits per heavy atom. The topological polar surface area (TPSA) is 77.9 Å². The number of hydrogen-bond donors (Lipinski definition) is 1. The Hall–Kier alpha value is -2.37. The van der Waals surface area contributed by atoms with Crippen LogP contribution in [0, 0.1) is 17.8 Å². The summed E-state index contributed by atoms with van der Waals surface area (Å²) in [5.74, 6) is -0.423. The first kappa shape index (κ1) is 19.9. The molecular formula is C23H30N2O4. The lowest BCUT2D eigenvalue weighted by Crippen LogP contribution is -2.48. The number of benzene rings is 1. The van der Waals surface area contributed by atoms with E-state index in [4.69, 9.17) is 0 Å². The molecule has 2 saturated heterocycles. The second-order valence-electron chi connectivity index (χ2n) is 8.77. The van der Waals surface area contributed by atoms with Gasteiger partial charge in [0.15, 0.2) is 0 Å². The third kappa shape index (κ3) is 4.16. The van der Waals surface area contributed by atoms with Crippen molar-refractivity contribution in [3.8, 4) is 0 Å². The first-order chi connectivity index (χ1) is 14.0. The van der Waals surface area contributed by atoms with E-state index in [9.17, 15) is 19.5 Å². The molecule has 6 heteroatoms. The number of carbonyl (C=O) groups excluding carboxylic acids is 2. The maximum atomic E-state index is 13.1. The average molecular weight is 399 g/mol. The van der Waals surface area contributed by atoms with Crippen LogP contribution in [0.1, 0.15) is 44.1 Å². The Balaban J connectivity index is 1.29. The zero-order valence-electron chi connectivity index (χ0n) is 16.8. The molecular weight excluding hydrogens is 368 g/mol. The number of rotatable bonds is 5. The standard InChI is InChI=1S/C23H30N2O4/c26-20(10-9-16-5-2-1-3-6-16)24-13-11-17(12-14-24)22(27)25-15-18-7-4-8-19(18)21(25)23(28)29/h1-3,5-6,17-19,21H,4,7-15H2,(H,28,29). The van der Waals surface area contributed by atoms with Crippen molar-refractivity contribution in [3.63, 3.8) is 0 Å². The number of hydrogen-bond acceptors (Lipinski definition) is 3. The van der Waals surface area contributed by atoms with E-state index in [0.717, 1.165) is 31.2 Å². The van der Waals surface area contributed by atoms with Gasteiger partial charge >= 0.3 is 5.97 Å². The summed E-state index contributed by atoms with van der Waals surface area (Å²) in [5.41, 5.74) is 1.16. The fourth-order valence-corrected chi connectivity index (χ4v) is 5.51. The van der Waals surface area contributed by atoms with E-state index in [1.807, 2.05) is 35.2 Å². The summed E-state index contributed by atoms with van der Waals surface area (Å²) in [6.45, 7) is 1.77. The van der Waals surface area contributed by atoms with E-state index in [-0.39, 0.29) is 23.7 Å². The van der Waals surface area contributed by atoms with Gasteiger partial charge in [-0.15, -0.1) is 0 Å². The van der Waals surface area contributed by atoms with Crippen molar-refractivity contribution in [2.45, 2.75) is 51.0 Å². The van der Waals surface area contributed by atoms with Gasteiger partial charge in [0.05, 0.1) is 0 Å². The molecule has 0 radical (unpaired) electrons. The van der Waals surface area contributed by atoms with Gasteiger partial charge in [0.1, 0.15) is 6.04 Å². The molecule has 3 fully saturated rings. The number of aryl methyl sites for hydroxylation is 1. The van der Waals surface area contributed by atoms with Crippen LogP contribution in [0.4, 0.5) is 0 Å². The van der Waals surface area contributed by atoms with Gasteiger partial charge < -0.3 is 14.9 Å². The van der Waals surface area contributed by atoms with E-state index in [1.165, 1.54) is 0 Å². The maximum absolute atomic E-state index is 13.1. The van der Waals surface area contributed by atoms with Crippen molar-refractivity contribution in [2.24, 2.45) is 17.8 Å². The molecule has 1 aromatic rings. The lowest BCUT2D eigenvalue weighted by atomic mass is 9.92. The fourth-order valence-electron chi connectivity index (χ4n) is 5.51. The minimum atomic E-state index is -0.860. The van der Waals surface area contributed by atoms with Crippen LogP contribution < -0.4 is 0 Å². The number of aliphatic carboxylic acids is 1. The predicted molar refractivity (Wildman–Crippen MR) is 108 cm³/mol. The first-order valence-electron chi connectivity index (χ1n) is 10.9. The number of carboxylic acid groups (broad SMARTS) is 1. The van der Waals surface area contributed by atoms with Crippen LogP contribution in [0.25, 0.3) is 0 Å². The van der Waals surface area contributed by atoms with Crippen LogP contribution >= 0.6 is 0 Å². The van der Waals surface area contributed by atoms with Gasteiger partial charge in [0.25, 0.3) is 0 Å². The van der Waals surface area contributed by atoms with Crippen molar-refractivity contribution in [1.82, 2.24) is 9.80 Å². The molecule has 0 aromatic heterocycles. The van der Waals surface area contributed by atoms with E-state index >= 15 is 0 Å². The monoisotopic (exact) mass is 398 g/mol. The molecule has 3 aliphatic rings. The first-order valence-corrected chi connectivity index (χ1v) is 10.9. The van der Waals surface area contributed by atoms with Crippen LogP contribution in [0.2, 0.25) is 0 Å². The molecule has 29 heavy (non-hydrogen) atoms. The maximum Gasteiger partial charge on any atom is 0.326 e. The lowest BCUT2D eigenvalue weighted by Gasteiger charge is -2.34. The number of fused-ring (bicyclic) bond motifs is 1. The summed E-state index contributed by atoms with van der Waals surface area (Å²) < 4.78 is 0. The largest absolute Gasteiger partial charge is 0.480 e. The zero-order chi connectivity index (χ0) is 20.4. The number of likely N-dealkylation sites (tertiary alicyclic amines) is 2. The van der Waals surface area contributed by atoms with Gasteiger partial charge in [-0.05, 0) is 49.5 Å². The second kappa shape index (κ2) is 8.56. The summed E-state index contributed by atoms with van der Waals surface area (Å²) >= 11 is 0. The highest BCUT2D eigenvalue weighted by atomic mass is 16.4. The van der Waals surface area contributed by atoms with Crippen LogP contribution in [-0.4, -0.2) is 58.4 Å².